The molecule has 0 N–H and O–H groups in total. The number of thiophene rings is 1. The summed E-state index contributed by atoms with van der Waals surface area (Å²) in [6, 6.07) is 68.6. The minimum absolute atomic E-state index is 0.611. The fourth-order valence-electron chi connectivity index (χ4n) is 8.06. The van der Waals surface area contributed by atoms with Crippen molar-refractivity contribution in [2.24, 2.45) is 0 Å². The number of benzene rings is 8. The Morgan fingerprint density at radius 3 is 1.57 bits per heavy atom. The Morgan fingerprint density at radius 1 is 0.321 bits per heavy atom. The molecule has 0 saturated heterocycles. The lowest BCUT2D eigenvalue weighted by Gasteiger charge is -2.17. The molecule has 0 aliphatic rings. The van der Waals surface area contributed by atoms with Gasteiger partial charge in [0, 0.05) is 47.6 Å². The van der Waals surface area contributed by atoms with Crippen LogP contribution in [0.5, 0.6) is 0 Å². The Balaban J connectivity index is 1.24. The number of para-hydroxylation sites is 1. The van der Waals surface area contributed by atoms with Crippen LogP contribution in [0.1, 0.15) is 0 Å². The molecule has 262 valence electrons. The second-order valence-electron chi connectivity index (χ2n) is 14.0. The zero-order valence-corrected chi connectivity index (χ0v) is 31.0. The molecule has 4 nitrogen and oxygen atoms in total. The predicted molar refractivity (Wildman–Crippen MR) is 234 cm³/mol. The van der Waals surface area contributed by atoms with Gasteiger partial charge in [-0.15, -0.1) is 11.3 Å². The van der Waals surface area contributed by atoms with E-state index in [1.165, 1.54) is 42.1 Å². The largest absolute Gasteiger partial charge is 0.308 e. The minimum Gasteiger partial charge on any atom is -0.308 e. The predicted octanol–water partition coefficient (Wildman–Crippen LogP) is 13.7. The van der Waals surface area contributed by atoms with E-state index in [2.05, 4.69) is 162 Å². The molecule has 0 saturated carbocycles. The molecule has 11 rings (SSSR count). The van der Waals surface area contributed by atoms with Crippen LogP contribution in [0.4, 0.5) is 0 Å². The van der Waals surface area contributed by atoms with Gasteiger partial charge in [0.25, 0.3) is 0 Å². The van der Waals surface area contributed by atoms with Crippen molar-refractivity contribution >= 4 is 53.3 Å². The highest BCUT2D eigenvalue weighted by Gasteiger charge is 2.22. The molecule has 5 heteroatoms. The molecule has 3 aromatic heterocycles. The maximum Gasteiger partial charge on any atom is 0.166 e. The summed E-state index contributed by atoms with van der Waals surface area (Å²) in [4.78, 5) is 15.6. The summed E-state index contributed by atoms with van der Waals surface area (Å²) >= 11 is 1.85. The van der Waals surface area contributed by atoms with Crippen LogP contribution in [0.2, 0.25) is 0 Å². The maximum absolute atomic E-state index is 5.29. The van der Waals surface area contributed by atoms with Crippen molar-refractivity contribution in [2.45, 2.75) is 0 Å². The van der Waals surface area contributed by atoms with Crippen molar-refractivity contribution in [3.8, 4) is 62.1 Å². The molecule has 0 atom stereocenters. The molecule has 8 aromatic carbocycles. The third kappa shape index (κ3) is 5.40. The number of hydrogen-bond donors (Lipinski definition) is 0. The number of hydrogen-bond acceptors (Lipinski definition) is 4. The zero-order chi connectivity index (χ0) is 37.0. The average molecular weight is 733 g/mol. The fourth-order valence-corrected chi connectivity index (χ4v) is 9.18. The van der Waals surface area contributed by atoms with Gasteiger partial charge in [-0.1, -0.05) is 158 Å². The molecule has 11 aromatic rings. The van der Waals surface area contributed by atoms with Gasteiger partial charge in [0.05, 0.1) is 16.7 Å². The lowest BCUT2D eigenvalue weighted by Crippen LogP contribution is -2.04. The van der Waals surface area contributed by atoms with Crippen LogP contribution in [0.3, 0.4) is 0 Å². The Bertz CT molecular complexity index is 3180. The lowest BCUT2D eigenvalue weighted by atomic mass is 9.93. The van der Waals surface area contributed by atoms with Crippen molar-refractivity contribution in [3.63, 3.8) is 0 Å². The van der Waals surface area contributed by atoms with Crippen LogP contribution in [0.15, 0.2) is 194 Å². The Hall–Kier alpha value is -7.21. The molecule has 0 aliphatic heterocycles. The first kappa shape index (κ1) is 32.2. The van der Waals surface area contributed by atoms with Crippen molar-refractivity contribution < 1.29 is 0 Å². The van der Waals surface area contributed by atoms with Crippen molar-refractivity contribution in [1.29, 1.82) is 0 Å². The van der Waals surface area contributed by atoms with E-state index >= 15 is 0 Å². The van der Waals surface area contributed by atoms with Gasteiger partial charge in [0.2, 0.25) is 0 Å². The first-order valence-corrected chi connectivity index (χ1v) is 19.6. The van der Waals surface area contributed by atoms with E-state index < -0.39 is 0 Å². The molecule has 0 radical (unpaired) electrons. The molecule has 0 amide bonds. The van der Waals surface area contributed by atoms with Gasteiger partial charge in [-0.2, -0.15) is 0 Å². The molecule has 0 bridgehead atoms. The van der Waals surface area contributed by atoms with Crippen LogP contribution in [0, 0.1) is 0 Å². The van der Waals surface area contributed by atoms with E-state index in [1.54, 1.807) is 0 Å². The number of aromatic nitrogens is 4. The van der Waals surface area contributed by atoms with E-state index in [0.29, 0.717) is 17.5 Å². The minimum atomic E-state index is 0.611. The smallest absolute Gasteiger partial charge is 0.166 e. The Labute approximate surface area is 327 Å². The van der Waals surface area contributed by atoms with Crippen molar-refractivity contribution in [1.82, 2.24) is 19.5 Å². The maximum atomic E-state index is 5.29. The van der Waals surface area contributed by atoms with Gasteiger partial charge in [-0.3, -0.25) is 0 Å². The fraction of sp³-hybridized carbons (Fsp3) is 0. The summed E-state index contributed by atoms with van der Waals surface area (Å²) in [5.41, 5.74) is 10.6. The number of nitrogens with zero attached hydrogens (tertiary/aromatic N) is 4. The average Bonchev–Trinajstić information content (AvgIpc) is 3.81. The first-order valence-electron chi connectivity index (χ1n) is 18.8. The van der Waals surface area contributed by atoms with Crippen molar-refractivity contribution in [3.05, 3.63) is 194 Å². The third-order valence-corrected chi connectivity index (χ3v) is 11.8. The quantitative estimate of drug-likeness (QED) is 0.171. The third-order valence-electron chi connectivity index (χ3n) is 10.7. The monoisotopic (exact) mass is 732 g/mol. The van der Waals surface area contributed by atoms with Crippen LogP contribution >= 0.6 is 11.3 Å². The lowest BCUT2D eigenvalue weighted by molar-refractivity contribution is 1.06. The molecular formula is C51H32N4S. The standard InChI is InChI=1S/C51H32N4S/c1-4-16-33(17-5-1)37-22-10-11-23-38(37)36-28-29-45(43(30-36)51-53-49(34-18-6-2-7-19-34)52-50(54-51)35-20-8-3-9-21-35)55-44-26-14-12-24-39(44)41-32-48-42(31-46(41)55)40-25-13-15-27-47(40)56-48/h1-32H. The molecule has 0 aliphatic carbocycles. The summed E-state index contributed by atoms with van der Waals surface area (Å²) in [5.74, 6) is 1.87. The van der Waals surface area contributed by atoms with Gasteiger partial charge >= 0.3 is 0 Å². The molecular weight excluding hydrogens is 701 g/mol. The van der Waals surface area contributed by atoms with Crippen LogP contribution in [0.25, 0.3) is 104 Å². The molecule has 0 spiro atoms. The van der Waals surface area contributed by atoms with Gasteiger partial charge in [0.1, 0.15) is 0 Å². The van der Waals surface area contributed by atoms with Crippen LogP contribution in [-0.4, -0.2) is 19.5 Å². The SMILES string of the molecule is c1ccc(-c2nc(-c3ccccc3)nc(-c3cc(-c4ccccc4-c4ccccc4)ccc3-n3c4ccccc4c4cc5sc6ccccc6c5cc43)n2)cc1. The number of rotatable bonds is 6. The Morgan fingerprint density at radius 2 is 0.875 bits per heavy atom. The highest BCUT2D eigenvalue weighted by Crippen LogP contribution is 2.43. The summed E-state index contributed by atoms with van der Waals surface area (Å²) in [5, 5.41) is 4.96. The van der Waals surface area contributed by atoms with E-state index in [-0.39, 0.29) is 0 Å². The second-order valence-corrected chi connectivity index (χ2v) is 15.1. The second kappa shape index (κ2) is 13.3. The highest BCUT2D eigenvalue weighted by molar-refractivity contribution is 7.25. The Kier molecular flexibility index (Phi) is 7.64. The van der Waals surface area contributed by atoms with E-state index in [1.807, 2.05) is 47.7 Å². The van der Waals surface area contributed by atoms with E-state index in [4.69, 9.17) is 15.0 Å². The first-order chi connectivity index (χ1) is 27.8. The highest BCUT2D eigenvalue weighted by atomic mass is 32.1. The normalized spacial score (nSPS) is 11.6. The van der Waals surface area contributed by atoms with Gasteiger partial charge < -0.3 is 4.57 Å². The molecule has 0 fully saturated rings. The topological polar surface area (TPSA) is 43.6 Å². The number of fused-ring (bicyclic) bond motifs is 6. The van der Waals surface area contributed by atoms with E-state index in [9.17, 15) is 0 Å². The molecule has 3 heterocycles. The molecule has 0 unspecified atom stereocenters. The van der Waals surface area contributed by atoms with Gasteiger partial charge in [-0.05, 0) is 58.7 Å². The molecule has 56 heavy (non-hydrogen) atoms. The summed E-state index contributed by atoms with van der Waals surface area (Å²) < 4.78 is 4.99. The van der Waals surface area contributed by atoms with Crippen molar-refractivity contribution in [2.75, 3.05) is 0 Å². The van der Waals surface area contributed by atoms with E-state index in [0.717, 1.165) is 44.5 Å². The van der Waals surface area contributed by atoms with Gasteiger partial charge in [-0.25, -0.2) is 15.0 Å². The van der Waals surface area contributed by atoms with Crippen LogP contribution < -0.4 is 0 Å². The zero-order valence-electron chi connectivity index (χ0n) is 30.2. The van der Waals surface area contributed by atoms with Crippen LogP contribution in [-0.2, 0) is 0 Å². The van der Waals surface area contributed by atoms with Gasteiger partial charge in [0.15, 0.2) is 17.5 Å². The summed E-state index contributed by atoms with van der Waals surface area (Å²) in [6.45, 7) is 0. The summed E-state index contributed by atoms with van der Waals surface area (Å²) in [7, 11) is 0. The summed E-state index contributed by atoms with van der Waals surface area (Å²) in [6.07, 6.45) is 0.